The number of pyridine rings is 1. The molecule has 0 fully saturated rings. The third-order valence-electron chi connectivity index (χ3n) is 1.75. The Hall–Kier alpha value is -1.29. The van der Waals surface area contributed by atoms with Gasteiger partial charge in [0.25, 0.3) is 0 Å². The minimum atomic E-state index is 0.240. The fourth-order valence-corrected chi connectivity index (χ4v) is 1.11. The van der Waals surface area contributed by atoms with Crippen LogP contribution in [0.1, 0.15) is 13.8 Å². The highest BCUT2D eigenvalue weighted by molar-refractivity contribution is 5.48. The lowest BCUT2D eigenvalue weighted by molar-refractivity contribution is 0.141. The van der Waals surface area contributed by atoms with Crippen molar-refractivity contribution in [2.24, 2.45) is 0 Å². The summed E-state index contributed by atoms with van der Waals surface area (Å²) in [5.41, 5.74) is 6.34. The molecule has 4 heteroatoms. The maximum atomic E-state index is 5.62. The second-order valence-electron chi connectivity index (χ2n) is 3.18. The van der Waals surface area contributed by atoms with Gasteiger partial charge in [0.1, 0.15) is 5.82 Å². The standard InChI is InChI=1S/C10H17N3O/c1-3-14-7-8(2)13-10-6-9(11)4-5-12-10/h4-6,8H,3,7H2,1-2H3,(H3,11,12,13). The molecule has 0 aliphatic heterocycles. The maximum absolute atomic E-state index is 5.62. The topological polar surface area (TPSA) is 60.2 Å². The van der Waals surface area contributed by atoms with E-state index in [9.17, 15) is 0 Å². The van der Waals surface area contributed by atoms with Crippen LogP contribution in [0.4, 0.5) is 11.5 Å². The van der Waals surface area contributed by atoms with Crippen molar-refractivity contribution in [2.75, 3.05) is 24.3 Å². The van der Waals surface area contributed by atoms with Crippen molar-refractivity contribution < 1.29 is 4.74 Å². The molecule has 1 heterocycles. The first kappa shape index (κ1) is 10.8. The van der Waals surface area contributed by atoms with Crippen LogP contribution in [0.25, 0.3) is 0 Å². The van der Waals surface area contributed by atoms with Gasteiger partial charge in [-0.1, -0.05) is 0 Å². The van der Waals surface area contributed by atoms with Crippen molar-refractivity contribution in [3.63, 3.8) is 0 Å². The highest BCUT2D eigenvalue weighted by atomic mass is 16.5. The summed E-state index contributed by atoms with van der Waals surface area (Å²) in [6.45, 7) is 5.43. The summed E-state index contributed by atoms with van der Waals surface area (Å²) < 4.78 is 5.28. The number of anilines is 2. The Kier molecular flexibility index (Phi) is 4.19. The summed E-state index contributed by atoms with van der Waals surface area (Å²) in [5.74, 6) is 0.789. The largest absolute Gasteiger partial charge is 0.399 e. The third-order valence-corrected chi connectivity index (χ3v) is 1.75. The monoisotopic (exact) mass is 195 g/mol. The smallest absolute Gasteiger partial charge is 0.128 e. The number of ether oxygens (including phenoxy) is 1. The van der Waals surface area contributed by atoms with Crippen LogP contribution in [0.5, 0.6) is 0 Å². The third kappa shape index (κ3) is 3.62. The number of rotatable bonds is 5. The van der Waals surface area contributed by atoms with Crippen molar-refractivity contribution >= 4 is 11.5 Å². The summed E-state index contributed by atoms with van der Waals surface area (Å²) in [6, 6.07) is 3.81. The molecule has 0 amide bonds. The molecular formula is C10H17N3O. The quantitative estimate of drug-likeness (QED) is 0.747. The molecule has 14 heavy (non-hydrogen) atoms. The van der Waals surface area contributed by atoms with Gasteiger partial charge in [0.2, 0.25) is 0 Å². The van der Waals surface area contributed by atoms with E-state index in [1.807, 2.05) is 19.9 Å². The van der Waals surface area contributed by atoms with Crippen LogP contribution in [0.3, 0.4) is 0 Å². The van der Waals surface area contributed by atoms with Crippen molar-refractivity contribution in [2.45, 2.75) is 19.9 Å². The van der Waals surface area contributed by atoms with Gasteiger partial charge in [0.05, 0.1) is 6.61 Å². The molecule has 0 spiro atoms. The first-order valence-corrected chi connectivity index (χ1v) is 4.78. The van der Waals surface area contributed by atoms with E-state index in [0.29, 0.717) is 12.3 Å². The van der Waals surface area contributed by atoms with Gasteiger partial charge in [-0.05, 0) is 19.9 Å². The second-order valence-corrected chi connectivity index (χ2v) is 3.18. The van der Waals surface area contributed by atoms with E-state index in [4.69, 9.17) is 10.5 Å². The molecule has 78 valence electrons. The fourth-order valence-electron chi connectivity index (χ4n) is 1.11. The molecule has 0 bridgehead atoms. The van der Waals surface area contributed by atoms with Gasteiger partial charge in [-0.25, -0.2) is 4.98 Å². The van der Waals surface area contributed by atoms with Crippen molar-refractivity contribution in [3.8, 4) is 0 Å². The van der Waals surface area contributed by atoms with Crippen LogP contribution < -0.4 is 11.1 Å². The molecule has 3 N–H and O–H groups in total. The number of nitrogen functional groups attached to an aromatic ring is 1. The number of nitrogens with two attached hydrogens (primary N) is 1. The van der Waals surface area contributed by atoms with E-state index < -0.39 is 0 Å². The van der Waals surface area contributed by atoms with Gasteiger partial charge in [-0.3, -0.25) is 0 Å². The molecule has 0 aromatic carbocycles. The van der Waals surface area contributed by atoms with E-state index in [1.54, 1.807) is 12.3 Å². The maximum Gasteiger partial charge on any atom is 0.128 e. The van der Waals surface area contributed by atoms with Crippen LogP contribution in [0, 0.1) is 0 Å². The molecule has 0 aliphatic carbocycles. The minimum absolute atomic E-state index is 0.240. The molecular weight excluding hydrogens is 178 g/mol. The summed E-state index contributed by atoms with van der Waals surface area (Å²) in [5, 5.41) is 3.20. The van der Waals surface area contributed by atoms with E-state index >= 15 is 0 Å². The van der Waals surface area contributed by atoms with E-state index in [0.717, 1.165) is 12.4 Å². The van der Waals surface area contributed by atoms with E-state index in [-0.39, 0.29) is 6.04 Å². The zero-order chi connectivity index (χ0) is 10.4. The zero-order valence-electron chi connectivity index (χ0n) is 8.66. The van der Waals surface area contributed by atoms with E-state index in [2.05, 4.69) is 10.3 Å². The average Bonchev–Trinajstić information content (AvgIpc) is 2.15. The number of hydrogen-bond acceptors (Lipinski definition) is 4. The Morgan fingerprint density at radius 2 is 2.43 bits per heavy atom. The Morgan fingerprint density at radius 3 is 3.07 bits per heavy atom. The van der Waals surface area contributed by atoms with Crippen molar-refractivity contribution in [1.82, 2.24) is 4.98 Å². The lowest BCUT2D eigenvalue weighted by Gasteiger charge is -2.14. The molecule has 0 aliphatic rings. The lowest BCUT2D eigenvalue weighted by Crippen LogP contribution is -2.22. The zero-order valence-corrected chi connectivity index (χ0v) is 8.66. The Balaban J connectivity index is 2.43. The number of nitrogens with one attached hydrogen (secondary N) is 1. The predicted molar refractivity (Wildman–Crippen MR) is 58.2 cm³/mol. The van der Waals surface area contributed by atoms with Crippen LogP contribution in [-0.2, 0) is 4.74 Å². The molecule has 0 saturated heterocycles. The Labute approximate surface area is 84.5 Å². The molecule has 1 rings (SSSR count). The van der Waals surface area contributed by atoms with E-state index in [1.165, 1.54) is 0 Å². The summed E-state index contributed by atoms with van der Waals surface area (Å²) in [4.78, 5) is 4.14. The molecule has 0 saturated carbocycles. The van der Waals surface area contributed by atoms with Crippen LogP contribution >= 0.6 is 0 Å². The predicted octanol–water partition coefficient (Wildman–Crippen LogP) is 1.50. The summed E-state index contributed by atoms with van der Waals surface area (Å²) in [6.07, 6.45) is 1.69. The van der Waals surface area contributed by atoms with Gasteiger partial charge < -0.3 is 15.8 Å². The Bertz CT molecular complexity index is 278. The number of hydrogen-bond donors (Lipinski definition) is 2. The summed E-state index contributed by atoms with van der Waals surface area (Å²) >= 11 is 0. The first-order chi connectivity index (χ1) is 6.72. The van der Waals surface area contributed by atoms with Crippen molar-refractivity contribution in [3.05, 3.63) is 18.3 Å². The molecule has 1 atom stereocenters. The number of nitrogens with zero attached hydrogens (tertiary/aromatic N) is 1. The lowest BCUT2D eigenvalue weighted by atomic mass is 10.3. The molecule has 0 radical (unpaired) electrons. The second kappa shape index (κ2) is 5.44. The molecule has 1 unspecified atom stereocenters. The molecule has 1 aromatic rings. The number of aromatic nitrogens is 1. The van der Waals surface area contributed by atoms with Crippen LogP contribution in [-0.4, -0.2) is 24.2 Å². The Morgan fingerprint density at radius 1 is 1.64 bits per heavy atom. The van der Waals surface area contributed by atoms with Gasteiger partial charge in [-0.15, -0.1) is 0 Å². The van der Waals surface area contributed by atoms with Gasteiger partial charge in [0.15, 0.2) is 0 Å². The fraction of sp³-hybridized carbons (Fsp3) is 0.500. The summed E-state index contributed by atoms with van der Waals surface area (Å²) in [7, 11) is 0. The SMILES string of the molecule is CCOCC(C)Nc1cc(N)ccn1. The van der Waals surface area contributed by atoms with Crippen molar-refractivity contribution in [1.29, 1.82) is 0 Å². The van der Waals surface area contributed by atoms with Gasteiger partial charge in [0, 0.05) is 30.6 Å². The molecule has 4 nitrogen and oxygen atoms in total. The highest BCUT2D eigenvalue weighted by Gasteiger charge is 2.02. The highest BCUT2D eigenvalue weighted by Crippen LogP contribution is 2.08. The molecule has 1 aromatic heterocycles. The first-order valence-electron chi connectivity index (χ1n) is 4.78. The van der Waals surface area contributed by atoms with Gasteiger partial charge >= 0.3 is 0 Å². The minimum Gasteiger partial charge on any atom is -0.399 e. The van der Waals surface area contributed by atoms with Crippen LogP contribution in [0.2, 0.25) is 0 Å². The average molecular weight is 195 g/mol. The normalized spacial score (nSPS) is 12.4. The van der Waals surface area contributed by atoms with Gasteiger partial charge in [-0.2, -0.15) is 0 Å². The van der Waals surface area contributed by atoms with Crippen LogP contribution in [0.15, 0.2) is 18.3 Å².